The van der Waals surface area contributed by atoms with Crippen LogP contribution in [0.2, 0.25) is 0 Å². The van der Waals surface area contributed by atoms with Gasteiger partial charge in [0, 0.05) is 17.7 Å². The number of halogens is 1. The fourth-order valence-electron chi connectivity index (χ4n) is 2.61. The summed E-state index contributed by atoms with van der Waals surface area (Å²) in [6.07, 6.45) is 11.8. The van der Waals surface area contributed by atoms with Crippen LogP contribution in [0.1, 0.15) is 11.1 Å². The number of likely N-dealkylation sites (N-methyl/N-ethyl adjacent to an activating group) is 1. The Morgan fingerprint density at radius 1 is 1.23 bits per heavy atom. The van der Waals surface area contributed by atoms with Crippen molar-refractivity contribution in [2.45, 2.75) is 12.2 Å². The van der Waals surface area contributed by atoms with E-state index in [-0.39, 0.29) is 11.9 Å². The van der Waals surface area contributed by atoms with Crippen LogP contribution in [0.5, 0.6) is 5.75 Å². The molecular weight excluding hydrogens is 281 g/mol. The quantitative estimate of drug-likeness (QED) is 0.901. The minimum absolute atomic E-state index is 0.0971. The van der Waals surface area contributed by atoms with Crippen LogP contribution in [0.3, 0.4) is 0 Å². The molecule has 3 nitrogen and oxygen atoms in total. The second-order valence-electron chi connectivity index (χ2n) is 5.30. The van der Waals surface area contributed by atoms with Crippen molar-refractivity contribution in [3.63, 3.8) is 0 Å². The lowest BCUT2D eigenvalue weighted by atomic mass is 9.97. The molecule has 1 aromatic rings. The summed E-state index contributed by atoms with van der Waals surface area (Å²) in [5, 5.41) is 12.9. The van der Waals surface area contributed by atoms with Crippen LogP contribution in [0, 0.1) is 5.82 Å². The molecule has 0 radical (unpaired) electrons. The monoisotopic (exact) mass is 299 g/mol. The molecule has 3 rings (SSSR count). The zero-order chi connectivity index (χ0) is 15.5. The number of ether oxygens (including phenoxy) is 1. The maximum atomic E-state index is 13.9. The van der Waals surface area contributed by atoms with Gasteiger partial charge in [-0.15, -0.1) is 0 Å². The second-order valence-corrected chi connectivity index (χ2v) is 5.30. The minimum atomic E-state index is -0.698. The Hall–Kier alpha value is -2.17. The lowest BCUT2D eigenvalue weighted by Gasteiger charge is -2.24. The molecule has 1 aliphatic heterocycles. The second kappa shape index (κ2) is 6.30. The van der Waals surface area contributed by atoms with Gasteiger partial charge in [-0.05, 0) is 36.9 Å². The Labute approximate surface area is 129 Å². The number of hydrogen-bond donors (Lipinski definition) is 2. The zero-order valence-electron chi connectivity index (χ0n) is 12.3. The molecule has 1 heterocycles. The zero-order valence-corrected chi connectivity index (χ0v) is 12.3. The van der Waals surface area contributed by atoms with Crippen molar-refractivity contribution in [1.29, 1.82) is 0 Å². The third-order valence-corrected chi connectivity index (χ3v) is 3.60. The molecule has 2 atom stereocenters. The summed E-state index contributed by atoms with van der Waals surface area (Å²) >= 11 is 0. The standard InChI is InChI=1S/C18H18FNO2/c1-20-11-16-7-6-13-8-14(19)10-17(18(13)22-16)12-4-2-3-5-15(21)9-12/h2-10,15-16,20-21H,11H2,1H3. The number of aliphatic hydroxyl groups excluding tert-OH is 1. The summed E-state index contributed by atoms with van der Waals surface area (Å²) in [6, 6.07) is 2.91. The molecule has 114 valence electrons. The van der Waals surface area contributed by atoms with Crippen LogP contribution < -0.4 is 10.1 Å². The molecule has 0 amide bonds. The SMILES string of the molecule is CNCC1C=Cc2cc(F)cc(C3=CC(O)C=CC=C3)c2O1. The van der Waals surface area contributed by atoms with Gasteiger partial charge < -0.3 is 15.2 Å². The van der Waals surface area contributed by atoms with E-state index < -0.39 is 6.10 Å². The van der Waals surface area contributed by atoms with Crippen LogP contribution >= 0.6 is 0 Å². The predicted octanol–water partition coefficient (Wildman–Crippen LogP) is 2.69. The summed E-state index contributed by atoms with van der Waals surface area (Å²) in [5.41, 5.74) is 2.11. The van der Waals surface area contributed by atoms with Gasteiger partial charge in [-0.2, -0.15) is 0 Å². The molecule has 2 unspecified atom stereocenters. The van der Waals surface area contributed by atoms with Crippen molar-refractivity contribution in [3.05, 3.63) is 65.5 Å². The molecule has 0 spiro atoms. The first-order valence-corrected chi connectivity index (χ1v) is 7.25. The van der Waals surface area contributed by atoms with Crippen LogP contribution in [0.4, 0.5) is 4.39 Å². The van der Waals surface area contributed by atoms with E-state index in [1.807, 2.05) is 31.4 Å². The van der Waals surface area contributed by atoms with E-state index in [1.54, 1.807) is 18.2 Å². The lowest BCUT2D eigenvalue weighted by Crippen LogP contribution is -2.29. The lowest BCUT2D eigenvalue weighted by molar-refractivity contribution is 0.243. The highest BCUT2D eigenvalue weighted by Gasteiger charge is 2.20. The Kier molecular flexibility index (Phi) is 4.22. The van der Waals surface area contributed by atoms with Crippen molar-refractivity contribution < 1.29 is 14.2 Å². The summed E-state index contributed by atoms with van der Waals surface area (Å²) < 4.78 is 19.9. The Morgan fingerprint density at radius 2 is 2.09 bits per heavy atom. The Balaban J connectivity index is 2.06. The van der Waals surface area contributed by atoms with Gasteiger partial charge in [0.25, 0.3) is 0 Å². The van der Waals surface area contributed by atoms with E-state index in [9.17, 15) is 9.50 Å². The molecule has 0 fully saturated rings. The predicted molar refractivity (Wildman–Crippen MR) is 86.0 cm³/mol. The molecular formula is C18H18FNO2. The van der Waals surface area contributed by atoms with E-state index in [0.717, 1.165) is 5.57 Å². The highest BCUT2D eigenvalue weighted by atomic mass is 19.1. The number of hydrogen-bond acceptors (Lipinski definition) is 3. The summed E-state index contributed by atoms with van der Waals surface area (Å²) in [7, 11) is 1.86. The van der Waals surface area contributed by atoms with Crippen LogP contribution in [0.25, 0.3) is 11.6 Å². The smallest absolute Gasteiger partial charge is 0.135 e. The van der Waals surface area contributed by atoms with Gasteiger partial charge in [-0.25, -0.2) is 4.39 Å². The number of fused-ring (bicyclic) bond motifs is 1. The van der Waals surface area contributed by atoms with Gasteiger partial charge in [0.2, 0.25) is 0 Å². The van der Waals surface area contributed by atoms with Gasteiger partial charge in [0.05, 0.1) is 6.10 Å². The molecule has 1 aliphatic carbocycles. The molecule has 2 aliphatic rings. The van der Waals surface area contributed by atoms with Gasteiger partial charge in [0.1, 0.15) is 17.7 Å². The first-order valence-electron chi connectivity index (χ1n) is 7.25. The van der Waals surface area contributed by atoms with Crippen LogP contribution in [-0.4, -0.2) is 30.9 Å². The van der Waals surface area contributed by atoms with E-state index in [2.05, 4.69) is 5.32 Å². The Bertz CT molecular complexity index is 689. The number of allylic oxidation sites excluding steroid dienone is 4. The van der Waals surface area contributed by atoms with Gasteiger partial charge in [-0.3, -0.25) is 0 Å². The van der Waals surface area contributed by atoms with Crippen molar-refractivity contribution in [3.8, 4) is 5.75 Å². The van der Waals surface area contributed by atoms with Crippen molar-refractivity contribution in [1.82, 2.24) is 5.32 Å². The highest BCUT2D eigenvalue weighted by molar-refractivity contribution is 5.82. The minimum Gasteiger partial charge on any atom is -0.484 e. The largest absolute Gasteiger partial charge is 0.484 e. The first kappa shape index (κ1) is 14.8. The van der Waals surface area contributed by atoms with Crippen molar-refractivity contribution >= 4 is 11.6 Å². The highest BCUT2D eigenvalue weighted by Crippen LogP contribution is 2.36. The molecule has 4 heteroatoms. The summed E-state index contributed by atoms with van der Waals surface area (Å²) in [4.78, 5) is 0. The molecule has 0 saturated heterocycles. The maximum Gasteiger partial charge on any atom is 0.135 e. The van der Waals surface area contributed by atoms with Gasteiger partial charge in [-0.1, -0.05) is 30.4 Å². The summed E-state index contributed by atoms with van der Waals surface area (Å²) in [6.45, 7) is 0.672. The molecule has 0 saturated carbocycles. The van der Waals surface area contributed by atoms with E-state index >= 15 is 0 Å². The van der Waals surface area contributed by atoms with Crippen molar-refractivity contribution in [2.75, 3.05) is 13.6 Å². The fraction of sp³-hybridized carbons (Fsp3) is 0.222. The van der Waals surface area contributed by atoms with E-state index in [4.69, 9.17) is 4.74 Å². The Morgan fingerprint density at radius 3 is 2.91 bits per heavy atom. The van der Waals surface area contributed by atoms with Crippen LogP contribution in [-0.2, 0) is 0 Å². The van der Waals surface area contributed by atoms with Crippen molar-refractivity contribution in [2.24, 2.45) is 0 Å². The first-order chi connectivity index (χ1) is 10.7. The third-order valence-electron chi connectivity index (χ3n) is 3.60. The van der Waals surface area contributed by atoms with Gasteiger partial charge in [0.15, 0.2) is 0 Å². The molecule has 0 bridgehead atoms. The number of nitrogens with one attached hydrogen (secondary N) is 1. The normalized spacial score (nSPS) is 22.8. The fourth-order valence-corrected chi connectivity index (χ4v) is 2.61. The molecule has 22 heavy (non-hydrogen) atoms. The summed E-state index contributed by atoms with van der Waals surface area (Å²) in [5.74, 6) is 0.323. The number of rotatable bonds is 3. The van der Waals surface area contributed by atoms with E-state index in [0.29, 0.717) is 23.4 Å². The average molecular weight is 299 g/mol. The molecule has 2 N–H and O–H groups in total. The topological polar surface area (TPSA) is 41.5 Å². The van der Waals surface area contributed by atoms with Gasteiger partial charge >= 0.3 is 0 Å². The average Bonchev–Trinajstić information content (AvgIpc) is 2.71. The number of aliphatic hydroxyl groups is 1. The molecule has 1 aromatic carbocycles. The third kappa shape index (κ3) is 3.03. The van der Waals surface area contributed by atoms with E-state index in [1.165, 1.54) is 12.1 Å². The maximum absolute atomic E-state index is 13.9. The molecule has 0 aromatic heterocycles. The number of benzene rings is 1. The van der Waals surface area contributed by atoms with Crippen LogP contribution in [0.15, 0.2) is 48.6 Å².